The van der Waals surface area contributed by atoms with E-state index in [1.165, 1.54) is 28.6 Å². The number of nitro groups is 1. The maximum Gasteiger partial charge on any atom is 0.338 e. The summed E-state index contributed by atoms with van der Waals surface area (Å²) in [6.07, 6.45) is 0. The number of carbonyl (C=O) groups is 2. The second-order valence-electron chi connectivity index (χ2n) is 6.29. The molecule has 12 heteroatoms. The van der Waals surface area contributed by atoms with E-state index in [0.717, 1.165) is 18.2 Å². The molecule has 1 fully saturated rings. The molecule has 0 aliphatic carbocycles. The van der Waals surface area contributed by atoms with E-state index in [0.29, 0.717) is 0 Å². The summed E-state index contributed by atoms with van der Waals surface area (Å²) >= 11 is 0. The molecule has 0 saturated carbocycles. The third-order valence-electron chi connectivity index (χ3n) is 4.40. The maximum absolute atomic E-state index is 12.8. The Morgan fingerprint density at radius 1 is 1.13 bits per heavy atom. The summed E-state index contributed by atoms with van der Waals surface area (Å²) in [6.45, 7) is 0.947. The van der Waals surface area contributed by atoms with Crippen LogP contribution in [0.15, 0.2) is 47.4 Å². The summed E-state index contributed by atoms with van der Waals surface area (Å²) in [4.78, 5) is 34.0. The van der Waals surface area contributed by atoms with E-state index < -0.39 is 38.1 Å². The number of carboxylic acids is 1. The molecule has 1 aliphatic rings. The standard InChI is InChI=1S/C18H17N3O8S/c22-17(19-16-5-4-13(21(25)26)11-15(16)18(23)24)12-2-1-3-14(10-12)30(27,28)20-6-8-29-9-7-20/h1-5,10-11H,6-9H2,(H,19,22)(H,23,24). The zero-order valence-corrected chi connectivity index (χ0v) is 16.3. The van der Waals surface area contributed by atoms with Crippen LogP contribution in [-0.2, 0) is 14.8 Å². The summed E-state index contributed by atoms with van der Waals surface area (Å²) in [5.74, 6) is -2.22. The number of hydrogen-bond donors (Lipinski definition) is 2. The number of hydrogen-bond acceptors (Lipinski definition) is 7. The van der Waals surface area contributed by atoms with E-state index >= 15 is 0 Å². The topological polar surface area (TPSA) is 156 Å². The van der Waals surface area contributed by atoms with Crippen LogP contribution in [0.5, 0.6) is 0 Å². The Balaban J connectivity index is 1.87. The number of rotatable bonds is 6. The third kappa shape index (κ3) is 4.45. The quantitative estimate of drug-likeness (QED) is 0.511. The summed E-state index contributed by atoms with van der Waals surface area (Å²) in [7, 11) is -3.82. The molecular formula is C18H17N3O8S. The van der Waals surface area contributed by atoms with Gasteiger partial charge in [-0.2, -0.15) is 4.31 Å². The molecule has 1 aliphatic heterocycles. The second-order valence-corrected chi connectivity index (χ2v) is 8.23. The van der Waals surface area contributed by atoms with Crippen LogP contribution in [0.1, 0.15) is 20.7 Å². The molecule has 2 aromatic carbocycles. The van der Waals surface area contributed by atoms with E-state index in [9.17, 15) is 33.2 Å². The lowest BCUT2D eigenvalue weighted by Crippen LogP contribution is -2.40. The molecule has 0 bridgehead atoms. The van der Waals surface area contributed by atoms with Crippen LogP contribution in [0.4, 0.5) is 11.4 Å². The fourth-order valence-electron chi connectivity index (χ4n) is 2.86. The van der Waals surface area contributed by atoms with Crippen molar-refractivity contribution in [3.05, 3.63) is 63.7 Å². The lowest BCUT2D eigenvalue weighted by molar-refractivity contribution is -0.384. The molecule has 3 rings (SSSR count). The number of non-ortho nitro benzene ring substituents is 1. The van der Waals surface area contributed by atoms with Crippen molar-refractivity contribution >= 4 is 33.3 Å². The molecule has 30 heavy (non-hydrogen) atoms. The minimum Gasteiger partial charge on any atom is -0.478 e. The van der Waals surface area contributed by atoms with E-state index in [4.69, 9.17) is 4.74 Å². The van der Waals surface area contributed by atoms with Gasteiger partial charge in [0.25, 0.3) is 11.6 Å². The van der Waals surface area contributed by atoms with Crippen LogP contribution in [-0.4, -0.2) is 60.9 Å². The summed E-state index contributed by atoms with van der Waals surface area (Å²) < 4.78 is 31.9. The number of carboxylic acid groups (broad SMARTS) is 1. The average Bonchev–Trinajstić information content (AvgIpc) is 2.74. The number of amides is 1. The fraction of sp³-hybridized carbons (Fsp3) is 0.222. The van der Waals surface area contributed by atoms with Crippen molar-refractivity contribution in [1.82, 2.24) is 4.31 Å². The number of nitrogens with one attached hydrogen (secondary N) is 1. The third-order valence-corrected chi connectivity index (χ3v) is 6.29. The molecule has 0 radical (unpaired) electrons. The van der Waals surface area contributed by atoms with Gasteiger partial charge in [-0.1, -0.05) is 6.07 Å². The van der Waals surface area contributed by atoms with Crippen molar-refractivity contribution in [3.8, 4) is 0 Å². The molecule has 0 aromatic heterocycles. The number of ether oxygens (including phenoxy) is 1. The first-order valence-corrected chi connectivity index (χ1v) is 10.1. The van der Waals surface area contributed by atoms with Crippen molar-refractivity contribution in [2.75, 3.05) is 31.6 Å². The van der Waals surface area contributed by atoms with Gasteiger partial charge in [-0.3, -0.25) is 14.9 Å². The molecule has 2 N–H and O–H groups in total. The van der Waals surface area contributed by atoms with Gasteiger partial charge < -0.3 is 15.2 Å². The first-order chi connectivity index (χ1) is 14.2. The van der Waals surface area contributed by atoms with E-state index in [1.54, 1.807) is 0 Å². The van der Waals surface area contributed by atoms with Crippen molar-refractivity contribution < 1.29 is 32.8 Å². The van der Waals surface area contributed by atoms with Gasteiger partial charge in [0, 0.05) is 30.8 Å². The van der Waals surface area contributed by atoms with Crippen LogP contribution in [0.2, 0.25) is 0 Å². The number of sulfonamides is 1. The average molecular weight is 435 g/mol. The number of benzene rings is 2. The van der Waals surface area contributed by atoms with Gasteiger partial charge in [-0.05, 0) is 24.3 Å². The molecule has 1 heterocycles. The molecule has 2 aromatic rings. The predicted octanol–water partition coefficient (Wildman–Crippen LogP) is 1.57. The highest BCUT2D eigenvalue weighted by molar-refractivity contribution is 7.89. The number of morpholine rings is 1. The first kappa shape index (κ1) is 21.4. The number of carbonyl (C=O) groups excluding carboxylic acids is 1. The Morgan fingerprint density at radius 3 is 2.47 bits per heavy atom. The first-order valence-electron chi connectivity index (χ1n) is 8.71. The van der Waals surface area contributed by atoms with Crippen LogP contribution >= 0.6 is 0 Å². The molecule has 1 saturated heterocycles. The van der Waals surface area contributed by atoms with Crippen LogP contribution in [0.25, 0.3) is 0 Å². The largest absolute Gasteiger partial charge is 0.478 e. The summed E-state index contributed by atoms with van der Waals surface area (Å²) in [6, 6.07) is 8.31. The van der Waals surface area contributed by atoms with E-state index in [1.807, 2.05) is 0 Å². The monoisotopic (exact) mass is 435 g/mol. The second kappa shape index (κ2) is 8.57. The Labute approximate surface area is 171 Å². The Hall–Kier alpha value is -3.35. The maximum atomic E-state index is 12.8. The number of aromatic carboxylic acids is 1. The lowest BCUT2D eigenvalue weighted by atomic mass is 10.1. The van der Waals surface area contributed by atoms with Gasteiger partial charge in [0.05, 0.1) is 34.3 Å². The van der Waals surface area contributed by atoms with Crippen molar-refractivity contribution in [1.29, 1.82) is 0 Å². The Bertz CT molecular complexity index is 1110. The highest BCUT2D eigenvalue weighted by Gasteiger charge is 2.27. The SMILES string of the molecule is O=C(Nc1ccc([N+](=O)[O-])cc1C(=O)O)c1cccc(S(=O)(=O)N2CCOCC2)c1. The van der Waals surface area contributed by atoms with E-state index in [-0.39, 0.29) is 42.4 Å². The van der Waals surface area contributed by atoms with Crippen LogP contribution in [0, 0.1) is 10.1 Å². The molecular weight excluding hydrogens is 418 g/mol. The van der Waals surface area contributed by atoms with Gasteiger partial charge in [0.2, 0.25) is 10.0 Å². The van der Waals surface area contributed by atoms with Crippen molar-refractivity contribution in [2.45, 2.75) is 4.90 Å². The minimum absolute atomic E-state index is 0.0148. The normalized spacial score (nSPS) is 14.8. The predicted molar refractivity (Wildman–Crippen MR) is 104 cm³/mol. The Morgan fingerprint density at radius 2 is 1.83 bits per heavy atom. The number of nitro benzene ring substituents is 1. The lowest BCUT2D eigenvalue weighted by Gasteiger charge is -2.26. The molecule has 0 atom stereocenters. The molecule has 158 valence electrons. The molecule has 1 amide bonds. The number of nitrogens with zero attached hydrogens (tertiary/aromatic N) is 2. The zero-order chi connectivity index (χ0) is 21.9. The molecule has 0 unspecified atom stereocenters. The van der Waals surface area contributed by atoms with Gasteiger partial charge in [-0.25, -0.2) is 13.2 Å². The molecule has 0 spiro atoms. The zero-order valence-electron chi connectivity index (χ0n) is 15.5. The fourth-order valence-corrected chi connectivity index (χ4v) is 4.31. The van der Waals surface area contributed by atoms with Crippen molar-refractivity contribution in [2.24, 2.45) is 0 Å². The smallest absolute Gasteiger partial charge is 0.338 e. The Kier molecular flexibility index (Phi) is 6.10. The van der Waals surface area contributed by atoms with Gasteiger partial charge in [0.1, 0.15) is 0 Å². The van der Waals surface area contributed by atoms with Crippen LogP contribution < -0.4 is 5.32 Å². The highest BCUT2D eigenvalue weighted by Crippen LogP contribution is 2.24. The van der Waals surface area contributed by atoms with Gasteiger partial charge >= 0.3 is 5.97 Å². The highest BCUT2D eigenvalue weighted by atomic mass is 32.2. The van der Waals surface area contributed by atoms with Gasteiger partial charge in [0.15, 0.2) is 0 Å². The summed E-state index contributed by atoms with van der Waals surface area (Å²) in [5.41, 5.74) is -1.07. The van der Waals surface area contributed by atoms with Crippen LogP contribution in [0.3, 0.4) is 0 Å². The van der Waals surface area contributed by atoms with Crippen molar-refractivity contribution in [3.63, 3.8) is 0 Å². The van der Waals surface area contributed by atoms with Gasteiger partial charge in [-0.15, -0.1) is 0 Å². The van der Waals surface area contributed by atoms with E-state index in [2.05, 4.69) is 5.32 Å². The minimum atomic E-state index is -3.82. The summed E-state index contributed by atoms with van der Waals surface area (Å²) in [5, 5.41) is 22.5. The number of anilines is 1. The molecule has 11 nitrogen and oxygen atoms in total.